The van der Waals surface area contributed by atoms with Crippen molar-refractivity contribution in [3.05, 3.63) is 95.7 Å². The van der Waals surface area contributed by atoms with E-state index in [4.69, 9.17) is 4.42 Å². The van der Waals surface area contributed by atoms with Crippen LogP contribution in [-0.4, -0.2) is 6.54 Å². The zero-order chi connectivity index (χ0) is 15.9. The first kappa shape index (κ1) is 15.5. The molecule has 0 aliphatic heterocycles. The van der Waals surface area contributed by atoms with Crippen molar-refractivity contribution < 1.29 is 14.1 Å². The van der Waals surface area contributed by atoms with E-state index < -0.39 is 0 Å². The Bertz CT molecular complexity index is 710. The number of benzene rings is 2. The maximum absolute atomic E-state index is 13.6. The Morgan fingerprint density at radius 3 is 2.43 bits per heavy atom. The molecule has 1 heterocycles. The molecule has 0 unspecified atom stereocenters. The molecule has 1 aromatic heterocycles. The minimum atomic E-state index is -0.130. The molecule has 0 amide bonds. The highest BCUT2D eigenvalue weighted by atomic mass is 19.1. The van der Waals surface area contributed by atoms with Crippen LogP contribution in [0.2, 0.25) is 0 Å². The Hall–Kier alpha value is -2.39. The molecule has 0 aliphatic rings. The SMILES string of the molecule is Fc1ccccc1C[NH2+]CC[C@@H](c1ccccc1)c1ccco1. The lowest BCUT2D eigenvalue weighted by atomic mass is 9.93. The number of rotatable bonds is 7. The van der Waals surface area contributed by atoms with Gasteiger partial charge in [0, 0.05) is 17.9 Å². The van der Waals surface area contributed by atoms with E-state index in [9.17, 15) is 4.39 Å². The summed E-state index contributed by atoms with van der Waals surface area (Å²) >= 11 is 0. The molecular weight excluding hydrogens is 289 g/mol. The van der Waals surface area contributed by atoms with Crippen molar-refractivity contribution in [3.63, 3.8) is 0 Å². The summed E-state index contributed by atoms with van der Waals surface area (Å²) in [4.78, 5) is 0. The predicted molar refractivity (Wildman–Crippen MR) is 88.5 cm³/mol. The summed E-state index contributed by atoms with van der Waals surface area (Å²) in [5.74, 6) is 1.09. The first-order valence-corrected chi connectivity index (χ1v) is 7.98. The van der Waals surface area contributed by atoms with Crippen molar-refractivity contribution >= 4 is 0 Å². The first-order valence-electron chi connectivity index (χ1n) is 7.98. The standard InChI is InChI=1S/C20H20FNO/c21-19-10-5-4-9-17(19)15-22-13-12-18(20-11-6-14-23-20)16-7-2-1-3-8-16/h1-11,14,18,22H,12-13,15H2/p+1/t18-/m0/s1. The van der Waals surface area contributed by atoms with Crippen molar-refractivity contribution in [3.8, 4) is 0 Å². The van der Waals surface area contributed by atoms with Crippen LogP contribution in [0.3, 0.4) is 0 Å². The highest BCUT2D eigenvalue weighted by Gasteiger charge is 2.17. The van der Waals surface area contributed by atoms with E-state index in [0.717, 1.165) is 24.3 Å². The van der Waals surface area contributed by atoms with E-state index in [0.29, 0.717) is 6.54 Å². The molecule has 0 saturated heterocycles. The summed E-state index contributed by atoms with van der Waals surface area (Å²) in [6, 6.07) is 21.3. The van der Waals surface area contributed by atoms with Gasteiger partial charge in [0.1, 0.15) is 18.1 Å². The predicted octanol–water partition coefficient (Wildman–Crippen LogP) is 3.70. The fourth-order valence-electron chi connectivity index (χ4n) is 2.85. The molecule has 3 heteroatoms. The molecule has 0 fully saturated rings. The third-order valence-corrected chi connectivity index (χ3v) is 4.07. The Morgan fingerprint density at radius 1 is 0.913 bits per heavy atom. The number of furan rings is 1. The van der Waals surface area contributed by atoms with Crippen molar-refractivity contribution in [2.45, 2.75) is 18.9 Å². The van der Waals surface area contributed by atoms with Crippen LogP contribution in [0.1, 0.15) is 29.2 Å². The average molecular weight is 310 g/mol. The van der Waals surface area contributed by atoms with Gasteiger partial charge in [0.25, 0.3) is 0 Å². The minimum Gasteiger partial charge on any atom is -0.469 e. The number of quaternary nitrogens is 1. The average Bonchev–Trinajstić information content (AvgIpc) is 3.11. The Balaban J connectivity index is 1.61. The smallest absolute Gasteiger partial charge is 0.132 e. The summed E-state index contributed by atoms with van der Waals surface area (Å²) in [6.07, 6.45) is 2.67. The molecule has 3 rings (SSSR count). The second-order valence-electron chi connectivity index (χ2n) is 5.64. The minimum absolute atomic E-state index is 0.130. The van der Waals surface area contributed by atoms with E-state index >= 15 is 0 Å². The second-order valence-corrected chi connectivity index (χ2v) is 5.64. The van der Waals surface area contributed by atoms with Gasteiger partial charge >= 0.3 is 0 Å². The number of halogens is 1. The Morgan fingerprint density at radius 2 is 1.70 bits per heavy atom. The van der Waals surface area contributed by atoms with Crippen molar-refractivity contribution in [1.82, 2.24) is 0 Å². The van der Waals surface area contributed by atoms with Gasteiger partial charge < -0.3 is 9.73 Å². The highest BCUT2D eigenvalue weighted by Crippen LogP contribution is 2.27. The molecule has 2 N–H and O–H groups in total. The summed E-state index contributed by atoms with van der Waals surface area (Å²) in [6.45, 7) is 1.57. The lowest BCUT2D eigenvalue weighted by molar-refractivity contribution is -0.671. The quantitative estimate of drug-likeness (QED) is 0.663. The number of hydrogen-bond donors (Lipinski definition) is 1. The third kappa shape index (κ3) is 4.08. The van der Waals surface area contributed by atoms with Crippen LogP contribution in [0.5, 0.6) is 0 Å². The van der Waals surface area contributed by atoms with Crippen LogP contribution in [0.15, 0.2) is 77.4 Å². The second kappa shape index (κ2) is 7.75. The van der Waals surface area contributed by atoms with Gasteiger partial charge in [0.05, 0.1) is 12.8 Å². The Labute approximate surface area is 136 Å². The molecular formula is C20H21FNO+. The van der Waals surface area contributed by atoms with E-state index in [1.165, 1.54) is 11.6 Å². The molecule has 23 heavy (non-hydrogen) atoms. The largest absolute Gasteiger partial charge is 0.469 e. The zero-order valence-corrected chi connectivity index (χ0v) is 13.0. The van der Waals surface area contributed by atoms with Gasteiger partial charge in [-0.1, -0.05) is 48.5 Å². The summed E-state index contributed by atoms with van der Waals surface area (Å²) in [5, 5.41) is 2.15. The number of nitrogens with two attached hydrogens (primary N) is 1. The topological polar surface area (TPSA) is 29.8 Å². The van der Waals surface area contributed by atoms with Crippen molar-refractivity contribution in [1.29, 1.82) is 0 Å². The van der Waals surface area contributed by atoms with Gasteiger partial charge in [-0.15, -0.1) is 0 Å². The molecule has 118 valence electrons. The van der Waals surface area contributed by atoms with Gasteiger partial charge in [-0.05, 0) is 23.8 Å². The molecule has 2 nitrogen and oxygen atoms in total. The van der Waals surface area contributed by atoms with Crippen LogP contribution in [-0.2, 0) is 6.54 Å². The first-order chi connectivity index (χ1) is 11.3. The highest BCUT2D eigenvalue weighted by molar-refractivity contribution is 5.27. The molecule has 0 aliphatic carbocycles. The van der Waals surface area contributed by atoms with Crippen LogP contribution in [0, 0.1) is 5.82 Å². The van der Waals surface area contributed by atoms with E-state index in [1.807, 2.05) is 42.5 Å². The van der Waals surface area contributed by atoms with E-state index in [-0.39, 0.29) is 11.7 Å². The normalized spacial score (nSPS) is 12.2. The van der Waals surface area contributed by atoms with Gasteiger partial charge in [-0.25, -0.2) is 4.39 Å². The summed E-state index contributed by atoms with van der Waals surface area (Å²) in [5.41, 5.74) is 2.00. The van der Waals surface area contributed by atoms with Gasteiger partial charge in [0.2, 0.25) is 0 Å². The summed E-state index contributed by atoms with van der Waals surface area (Å²) in [7, 11) is 0. The number of hydrogen-bond acceptors (Lipinski definition) is 1. The molecule has 3 aromatic rings. The van der Waals surface area contributed by atoms with Gasteiger partial charge in [-0.3, -0.25) is 0 Å². The fourth-order valence-corrected chi connectivity index (χ4v) is 2.85. The Kier molecular flexibility index (Phi) is 5.22. The van der Waals surface area contributed by atoms with Crippen LogP contribution < -0.4 is 5.32 Å². The van der Waals surface area contributed by atoms with Crippen LogP contribution in [0.25, 0.3) is 0 Å². The third-order valence-electron chi connectivity index (χ3n) is 4.07. The van der Waals surface area contributed by atoms with Gasteiger partial charge in [-0.2, -0.15) is 0 Å². The van der Waals surface area contributed by atoms with E-state index in [2.05, 4.69) is 17.4 Å². The maximum atomic E-state index is 13.6. The monoisotopic (exact) mass is 310 g/mol. The maximum Gasteiger partial charge on any atom is 0.132 e. The van der Waals surface area contributed by atoms with Crippen LogP contribution in [0.4, 0.5) is 4.39 Å². The van der Waals surface area contributed by atoms with E-state index in [1.54, 1.807) is 12.3 Å². The van der Waals surface area contributed by atoms with Crippen molar-refractivity contribution in [2.75, 3.05) is 6.54 Å². The molecule has 0 spiro atoms. The zero-order valence-electron chi connectivity index (χ0n) is 13.0. The van der Waals surface area contributed by atoms with Crippen molar-refractivity contribution in [2.24, 2.45) is 0 Å². The molecule has 0 bridgehead atoms. The van der Waals surface area contributed by atoms with Crippen LogP contribution >= 0.6 is 0 Å². The summed E-state index contributed by atoms with van der Waals surface area (Å²) < 4.78 is 19.2. The molecule has 2 aromatic carbocycles. The molecule has 0 radical (unpaired) electrons. The lowest BCUT2D eigenvalue weighted by Crippen LogP contribution is -2.82. The molecule has 0 saturated carbocycles. The lowest BCUT2D eigenvalue weighted by Gasteiger charge is -2.14. The molecule has 1 atom stereocenters. The van der Waals surface area contributed by atoms with Gasteiger partial charge in [0.15, 0.2) is 0 Å². The fraction of sp³-hybridized carbons (Fsp3) is 0.200.